The third-order valence-corrected chi connectivity index (χ3v) is 5.86. The maximum Gasteiger partial charge on any atom is 0.247 e. The quantitative estimate of drug-likeness (QED) is 0.404. The van der Waals surface area contributed by atoms with E-state index in [-0.39, 0.29) is 36.4 Å². The molecule has 0 unspecified atom stereocenters. The molecule has 5 rings (SSSR count). The SMILES string of the molecule is C=C(Cn1nc(-c2ccc(F)cc2)nc1-c1ccc(F)cc1)N1CCN(c2cc(F)ccn2)C(=O)C1. The van der Waals surface area contributed by atoms with Crippen LogP contribution in [0.25, 0.3) is 22.8 Å². The molecule has 36 heavy (non-hydrogen) atoms. The first-order chi connectivity index (χ1) is 17.4. The molecule has 3 heterocycles. The monoisotopic (exact) mass is 490 g/mol. The van der Waals surface area contributed by atoms with E-state index in [4.69, 9.17) is 0 Å². The van der Waals surface area contributed by atoms with Gasteiger partial charge in [0.2, 0.25) is 5.91 Å². The number of allylic oxidation sites excluding steroid dienone is 1. The van der Waals surface area contributed by atoms with E-state index in [0.717, 1.165) is 0 Å². The Bertz CT molecular complexity index is 1420. The molecular weight excluding hydrogens is 469 g/mol. The lowest BCUT2D eigenvalue weighted by molar-refractivity contribution is -0.120. The molecule has 0 radical (unpaired) electrons. The van der Waals surface area contributed by atoms with Gasteiger partial charge in [0.25, 0.3) is 0 Å². The Kier molecular flexibility index (Phi) is 6.24. The summed E-state index contributed by atoms with van der Waals surface area (Å²) in [6.07, 6.45) is 1.32. The summed E-state index contributed by atoms with van der Waals surface area (Å²) in [6.45, 7) is 5.19. The summed E-state index contributed by atoms with van der Waals surface area (Å²) in [4.78, 5) is 24.8. The van der Waals surface area contributed by atoms with E-state index >= 15 is 0 Å². The Morgan fingerprint density at radius 3 is 2.19 bits per heavy atom. The van der Waals surface area contributed by atoms with E-state index in [2.05, 4.69) is 21.6 Å². The smallest absolute Gasteiger partial charge is 0.247 e. The highest BCUT2D eigenvalue weighted by Gasteiger charge is 2.27. The highest BCUT2D eigenvalue weighted by atomic mass is 19.1. The molecular formula is C26H21F3N6O. The highest BCUT2D eigenvalue weighted by molar-refractivity contribution is 5.94. The summed E-state index contributed by atoms with van der Waals surface area (Å²) in [7, 11) is 0. The summed E-state index contributed by atoms with van der Waals surface area (Å²) >= 11 is 0. The van der Waals surface area contributed by atoms with Gasteiger partial charge in [-0.05, 0) is 54.6 Å². The van der Waals surface area contributed by atoms with E-state index in [0.29, 0.717) is 41.6 Å². The van der Waals surface area contributed by atoms with Crippen LogP contribution >= 0.6 is 0 Å². The molecule has 10 heteroatoms. The van der Waals surface area contributed by atoms with Gasteiger partial charge in [0.1, 0.15) is 23.3 Å². The molecule has 4 aromatic rings. The van der Waals surface area contributed by atoms with Crippen LogP contribution in [0.1, 0.15) is 0 Å². The second kappa shape index (κ2) is 9.65. The summed E-state index contributed by atoms with van der Waals surface area (Å²) in [5, 5.41) is 4.59. The van der Waals surface area contributed by atoms with E-state index in [1.165, 1.54) is 47.5 Å². The maximum atomic E-state index is 13.6. The van der Waals surface area contributed by atoms with Gasteiger partial charge in [-0.15, -0.1) is 0 Å². The van der Waals surface area contributed by atoms with Gasteiger partial charge in [0.15, 0.2) is 11.6 Å². The van der Waals surface area contributed by atoms with Gasteiger partial charge in [0, 0.05) is 42.2 Å². The van der Waals surface area contributed by atoms with Crippen molar-refractivity contribution in [2.45, 2.75) is 6.54 Å². The maximum absolute atomic E-state index is 13.6. The van der Waals surface area contributed by atoms with Crippen molar-refractivity contribution in [2.75, 3.05) is 24.5 Å². The molecule has 0 bridgehead atoms. The Morgan fingerprint density at radius 1 is 0.889 bits per heavy atom. The summed E-state index contributed by atoms with van der Waals surface area (Å²) in [5.74, 6) is -0.325. The zero-order valence-corrected chi connectivity index (χ0v) is 19.1. The second-order valence-electron chi connectivity index (χ2n) is 8.30. The van der Waals surface area contributed by atoms with Gasteiger partial charge in [-0.3, -0.25) is 9.69 Å². The zero-order chi connectivity index (χ0) is 25.2. The molecule has 1 saturated heterocycles. The van der Waals surface area contributed by atoms with Crippen molar-refractivity contribution in [3.05, 3.63) is 96.6 Å². The van der Waals surface area contributed by atoms with Gasteiger partial charge in [0.05, 0.1) is 13.1 Å². The predicted molar refractivity (Wildman–Crippen MR) is 128 cm³/mol. The van der Waals surface area contributed by atoms with E-state index < -0.39 is 5.82 Å². The molecule has 2 aromatic carbocycles. The molecule has 0 atom stereocenters. The van der Waals surface area contributed by atoms with Crippen LogP contribution in [0.4, 0.5) is 19.0 Å². The average Bonchev–Trinajstić information content (AvgIpc) is 3.28. The standard InChI is InChI=1S/C26H21F3N6O/c1-17(33-12-13-34(24(36)16-33)23-14-22(29)10-11-30-23)15-35-26(19-4-8-21(28)9-5-19)31-25(32-35)18-2-6-20(27)7-3-18/h2-11,14H,1,12-13,15-16H2. The number of amides is 1. The lowest BCUT2D eigenvalue weighted by atomic mass is 10.2. The Hall–Kier alpha value is -4.47. The van der Waals surface area contributed by atoms with Crippen molar-refractivity contribution in [3.8, 4) is 22.8 Å². The van der Waals surface area contributed by atoms with Gasteiger partial charge in [-0.2, -0.15) is 5.10 Å². The molecule has 1 fully saturated rings. The molecule has 7 nitrogen and oxygen atoms in total. The fourth-order valence-corrected chi connectivity index (χ4v) is 3.99. The Labute approximate surface area is 205 Å². The van der Waals surface area contributed by atoms with Gasteiger partial charge < -0.3 is 4.90 Å². The lowest BCUT2D eigenvalue weighted by Crippen LogP contribution is -2.50. The molecule has 182 valence electrons. The van der Waals surface area contributed by atoms with Gasteiger partial charge >= 0.3 is 0 Å². The first-order valence-corrected chi connectivity index (χ1v) is 11.2. The van der Waals surface area contributed by atoms with Crippen LogP contribution in [0.5, 0.6) is 0 Å². The van der Waals surface area contributed by atoms with Gasteiger partial charge in [-0.1, -0.05) is 6.58 Å². The first kappa shape index (κ1) is 23.3. The number of rotatable bonds is 6. The van der Waals surface area contributed by atoms with E-state index in [1.807, 2.05) is 4.90 Å². The number of anilines is 1. The van der Waals surface area contributed by atoms with Crippen LogP contribution in [0.15, 0.2) is 79.1 Å². The number of carbonyl (C=O) groups is 1. The number of benzene rings is 2. The number of pyridine rings is 1. The molecule has 0 spiro atoms. The minimum absolute atomic E-state index is 0.0441. The zero-order valence-electron chi connectivity index (χ0n) is 19.1. The van der Waals surface area contributed by atoms with Crippen molar-refractivity contribution in [1.82, 2.24) is 24.6 Å². The molecule has 1 amide bonds. The number of carbonyl (C=O) groups excluding carboxylic acids is 1. The van der Waals surface area contributed by atoms with Crippen LogP contribution in [0, 0.1) is 17.5 Å². The molecule has 1 aliphatic heterocycles. The average molecular weight is 490 g/mol. The summed E-state index contributed by atoms with van der Waals surface area (Å²) in [5.41, 5.74) is 1.88. The number of nitrogens with zero attached hydrogens (tertiary/aromatic N) is 6. The largest absolute Gasteiger partial charge is 0.363 e. The topological polar surface area (TPSA) is 67.2 Å². The van der Waals surface area contributed by atoms with E-state index in [9.17, 15) is 18.0 Å². The molecule has 0 N–H and O–H groups in total. The van der Waals surface area contributed by atoms with Crippen LogP contribution < -0.4 is 4.90 Å². The Balaban J connectivity index is 1.38. The fraction of sp³-hybridized carbons (Fsp3) is 0.154. The van der Waals surface area contributed by atoms with Crippen molar-refractivity contribution in [1.29, 1.82) is 0 Å². The Morgan fingerprint density at radius 2 is 1.56 bits per heavy atom. The number of hydrogen-bond donors (Lipinski definition) is 0. The first-order valence-electron chi connectivity index (χ1n) is 11.2. The van der Waals surface area contributed by atoms with Crippen LogP contribution in [-0.4, -0.2) is 50.2 Å². The van der Waals surface area contributed by atoms with Gasteiger partial charge in [-0.25, -0.2) is 27.8 Å². The third kappa shape index (κ3) is 4.83. The number of aromatic nitrogens is 4. The highest BCUT2D eigenvalue weighted by Crippen LogP contribution is 2.25. The summed E-state index contributed by atoms with van der Waals surface area (Å²) < 4.78 is 42.1. The lowest BCUT2D eigenvalue weighted by Gasteiger charge is -2.36. The second-order valence-corrected chi connectivity index (χ2v) is 8.30. The molecule has 0 saturated carbocycles. The minimum Gasteiger partial charge on any atom is -0.363 e. The van der Waals surface area contributed by atoms with Crippen molar-refractivity contribution < 1.29 is 18.0 Å². The number of hydrogen-bond acceptors (Lipinski definition) is 5. The number of halogens is 3. The number of piperazine rings is 1. The van der Waals surface area contributed by atoms with Crippen LogP contribution in [-0.2, 0) is 11.3 Å². The molecule has 1 aliphatic rings. The van der Waals surface area contributed by atoms with Crippen molar-refractivity contribution >= 4 is 11.7 Å². The normalized spacial score (nSPS) is 13.8. The fourth-order valence-electron chi connectivity index (χ4n) is 3.99. The van der Waals surface area contributed by atoms with Crippen LogP contribution in [0.2, 0.25) is 0 Å². The van der Waals surface area contributed by atoms with Crippen molar-refractivity contribution in [2.24, 2.45) is 0 Å². The summed E-state index contributed by atoms with van der Waals surface area (Å²) in [6, 6.07) is 14.1. The third-order valence-electron chi connectivity index (χ3n) is 5.86. The molecule has 0 aliphatic carbocycles. The van der Waals surface area contributed by atoms with E-state index in [1.54, 1.807) is 28.9 Å². The predicted octanol–water partition coefficient (Wildman–Crippen LogP) is 4.29. The minimum atomic E-state index is -0.462. The molecule has 2 aromatic heterocycles. The van der Waals surface area contributed by atoms with Crippen LogP contribution in [0.3, 0.4) is 0 Å². The van der Waals surface area contributed by atoms with Crippen molar-refractivity contribution in [3.63, 3.8) is 0 Å².